The third-order valence-electron chi connectivity index (χ3n) is 2.53. The average Bonchev–Trinajstić information content (AvgIpc) is 2.13. The Labute approximate surface area is 87.4 Å². The molecule has 0 aliphatic heterocycles. The molecule has 14 heavy (non-hydrogen) atoms. The molecule has 1 amide bonds. The zero-order valence-electron chi connectivity index (χ0n) is 9.84. The van der Waals surface area contributed by atoms with Crippen molar-refractivity contribution in [3.63, 3.8) is 0 Å². The van der Waals surface area contributed by atoms with Gasteiger partial charge in [-0.2, -0.15) is 0 Å². The highest BCUT2D eigenvalue weighted by Crippen LogP contribution is 2.07. The first-order chi connectivity index (χ1) is 6.51. The van der Waals surface area contributed by atoms with Gasteiger partial charge in [-0.1, -0.05) is 27.7 Å². The molecular weight excluding hydrogens is 176 g/mol. The number of rotatable bonds is 6. The van der Waals surface area contributed by atoms with Crippen LogP contribution in [0.5, 0.6) is 0 Å². The molecule has 0 aromatic carbocycles. The molecule has 0 saturated carbocycles. The van der Waals surface area contributed by atoms with Gasteiger partial charge in [-0.05, 0) is 24.8 Å². The summed E-state index contributed by atoms with van der Waals surface area (Å²) in [5.74, 6) is 0.903. The first-order valence-corrected chi connectivity index (χ1v) is 5.50. The van der Waals surface area contributed by atoms with E-state index in [1.807, 2.05) is 6.92 Å². The number of carbonyl (C=O) groups is 1. The molecule has 2 atom stereocenters. The normalized spacial score (nSPS) is 15.3. The van der Waals surface area contributed by atoms with Gasteiger partial charge < -0.3 is 11.1 Å². The average molecular weight is 200 g/mol. The molecule has 0 heterocycles. The third-order valence-corrected chi connectivity index (χ3v) is 2.53. The zero-order chi connectivity index (χ0) is 11.1. The van der Waals surface area contributed by atoms with Gasteiger partial charge >= 0.3 is 0 Å². The predicted octanol–water partition coefficient (Wildman–Crippen LogP) is 1.52. The van der Waals surface area contributed by atoms with Crippen LogP contribution >= 0.6 is 0 Å². The predicted molar refractivity (Wildman–Crippen MR) is 59.9 cm³/mol. The molecule has 0 aromatic rings. The summed E-state index contributed by atoms with van der Waals surface area (Å²) >= 11 is 0. The van der Waals surface area contributed by atoms with Crippen LogP contribution in [-0.2, 0) is 4.79 Å². The Morgan fingerprint density at radius 2 is 1.93 bits per heavy atom. The maximum Gasteiger partial charge on any atom is 0.220 e. The maximum absolute atomic E-state index is 11.5. The van der Waals surface area contributed by atoms with E-state index in [2.05, 4.69) is 26.1 Å². The highest BCUT2D eigenvalue weighted by atomic mass is 16.1. The minimum absolute atomic E-state index is 0.128. The smallest absolute Gasteiger partial charge is 0.220 e. The second kappa shape index (κ2) is 6.82. The van der Waals surface area contributed by atoms with Crippen LogP contribution in [0.2, 0.25) is 0 Å². The lowest BCUT2D eigenvalue weighted by Crippen LogP contribution is -2.39. The summed E-state index contributed by atoms with van der Waals surface area (Å²) in [5.41, 5.74) is 5.46. The van der Waals surface area contributed by atoms with Gasteiger partial charge in [-0.3, -0.25) is 4.79 Å². The van der Waals surface area contributed by atoms with Gasteiger partial charge in [-0.25, -0.2) is 0 Å². The lowest BCUT2D eigenvalue weighted by Gasteiger charge is -2.21. The zero-order valence-corrected chi connectivity index (χ0v) is 9.84. The quantitative estimate of drug-likeness (QED) is 0.683. The Kier molecular flexibility index (Phi) is 6.54. The van der Waals surface area contributed by atoms with E-state index in [1.165, 1.54) is 0 Å². The fourth-order valence-corrected chi connectivity index (χ4v) is 1.41. The first kappa shape index (κ1) is 13.4. The van der Waals surface area contributed by atoms with Gasteiger partial charge in [0.25, 0.3) is 0 Å². The van der Waals surface area contributed by atoms with Crippen LogP contribution < -0.4 is 11.1 Å². The molecule has 0 bridgehead atoms. The molecule has 0 radical (unpaired) electrons. The van der Waals surface area contributed by atoms with Crippen LogP contribution in [0.4, 0.5) is 0 Å². The van der Waals surface area contributed by atoms with Crippen LogP contribution in [0.25, 0.3) is 0 Å². The molecule has 0 fully saturated rings. The minimum Gasteiger partial charge on any atom is -0.353 e. The molecule has 0 aliphatic carbocycles. The summed E-state index contributed by atoms with van der Waals surface area (Å²) in [4.78, 5) is 11.5. The molecule has 84 valence electrons. The van der Waals surface area contributed by atoms with Crippen molar-refractivity contribution in [3.8, 4) is 0 Å². The Balaban J connectivity index is 3.91. The molecule has 0 saturated heterocycles. The molecule has 3 heteroatoms. The van der Waals surface area contributed by atoms with E-state index >= 15 is 0 Å². The number of carbonyl (C=O) groups excluding carboxylic acids is 1. The van der Waals surface area contributed by atoms with Gasteiger partial charge in [0.15, 0.2) is 0 Å². The van der Waals surface area contributed by atoms with Crippen LogP contribution in [0.1, 0.15) is 40.5 Å². The Bertz CT molecular complexity index is 169. The maximum atomic E-state index is 11.5. The summed E-state index contributed by atoms with van der Waals surface area (Å²) < 4.78 is 0. The number of amides is 1. The SMILES string of the molecule is CCC(NC(=O)CC(C)CN)C(C)C. The largest absolute Gasteiger partial charge is 0.353 e. The highest BCUT2D eigenvalue weighted by molar-refractivity contribution is 5.76. The summed E-state index contributed by atoms with van der Waals surface area (Å²) in [5, 5.41) is 3.04. The summed E-state index contributed by atoms with van der Waals surface area (Å²) in [6, 6.07) is 0.299. The number of nitrogens with one attached hydrogen (secondary N) is 1. The van der Waals surface area contributed by atoms with Crippen molar-refractivity contribution in [1.29, 1.82) is 0 Å². The second-order valence-corrected chi connectivity index (χ2v) is 4.37. The van der Waals surface area contributed by atoms with Gasteiger partial charge in [0.1, 0.15) is 0 Å². The van der Waals surface area contributed by atoms with Crippen molar-refractivity contribution in [1.82, 2.24) is 5.32 Å². The first-order valence-electron chi connectivity index (χ1n) is 5.50. The van der Waals surface area contributed by atoms with Crippen LogP contribution in [-0.4, -0.2) is 18.5 Å². The number of hydrogen-bond acceptors (Lipinski definition) is 2. The van der Waals surface area contributed by atoms with E-state index in [0.29, 0.717) is 24.9 Å². The van der Waals surface area contributed by atoms with E-state index in [-0.39, 0.29) is 11.8 Å². The summed E-state index contributed by atoms with van der Waals surface area (Å²) in [7, 11) is 0. The molecule has 3 nitrogen and oxygen atoms in total. The van der Waals surface area contributed by atoms with Crippen molar-refractivity contribution in [2.75, 3.05) is 6.54 Å². The van der Waals surface area contributed by atoms with E-state index in [4.69, 9.17) is 5.73 Å². The van der Waals surface area contributed by atoms with Gasteiger partial charge in [0.2, 0.25) is 5.91 Å². The molecule has 0 aliphatic rings. The van der Waals surface area contributed by atoms with Crippen LogP contribution in [0.15, 0.2) is 0 Å². The van der Waals surface area contributed by atoms with E-state index in [9.17, 15) is 4.79 Å². The van der Waals surface area contributed by atoms with Crippen molar-refractivity contribution >= 4 is 5.91 Å². The fraction of sp³-hybridized carbons (Fsp3) is 0.909. The topological polar surface area (TPSA) is 55.1 Å². The van der Waals surface area contributed by atoms with Crippen molar-refractivity contribution in [2.24, 2.45) is 17.6 Å². The molecular formula is C11H24N2O. The standard InChI is InChI=1S/C11H24N2O/c1-5-10(8(2)3)13-11(14)6-9(4)7-12/h8-10H,5-7,12H2,1-4H3,(H,13,14). The molecule has 0 spiro atoms. The van der Waals surface area contributed by atoms with E-state index in [0.717, 1.165) is 6.42 Å². The van der Waals surface area contributed by atoms with Gasteiger partial charge in [0.05, 0.1) is 0 Å². The van der Waals surface area contributed by atoms with Gasteiger partial charge in [0, 0.05) is 12.5 Å². The fourth-order valence-electron chi connectivity index (χ4n) is 1.41. The summed E-state index contributed by atoms with van der Waals surface area (Å²) in [6.45, 7) is 8.92. The number of hydrogen-bond donors (Lipinski definition) is 2. The molecule has 0 aromatic heterocycles. The molecule has 3 N–H and O–H groups in total. The van der Waals surface area contributed by atoms with Crippen LogP contribution in [0.3, 0.4) is 0 Å². The van der Waals surface area contributed by atoms with Crippen molar-refractivity contribution in [2.45, 2.75) is 46.6 Å². The molecule has 2 unspecified atom stereocenters. The lowest BCUT2D eigenvalue weighted by molar-refractivity contribution is -0.122. The molecule has 0 rings (SSSR count). The van der Waals surface area contributed by atoms with E-state index < -0.39 is 0 Å². The Morgan fingerprint density at radius 3 is 2.29 bits per heavy atom. The number of nitrogens with two attached hydrogens (primary N) is 1. The second-order valence-electron chi connectivity index (χ2n) is 4.37. The van der Waals surface area contributed by atoms with Crippen molar-refractivity contribution < 1.29 is 4.79 Å². The van der Waals surface area contributed by atoms with Crippen molar-refractivity contribution in [3.05, 3.63) is 0 Å². The Morgan fingerprint density at radius 1 is 1.36 bits per heavy atom. The Hall–Kier alpha value is -0.570. The monoisotopic (exact) mass is 200 g/mol. The highest BCUT2D eigenvalue weighted by Gasteiger charge is 2.15. The minimum atomic E-state index is 0.128. The summed E-state index contributed by atoms with van der Waals surface area (Å²) in [6.07, 6.45) is 1.53. The van der Waals surface area contributed by atoms with Crippen LogP contribution in [0, 0.1) is 11.8 Å². The van der Waals surface area contributed by atoms with Gasteiger partial charge in [-0.15, -0.1) is 0 Å². The third kappa shape index (κ3) is 5.22. The van der Waals surface area contributed by atoms with E-state index in [1.54, 1.807) is 0 Å². The lowest BCUT2D eigenvalue weighted by atomic mass is 10.0.